The van der Waals surface area contributed by atoms with Crippen molar-refractivity contribution >= 4 is 23.2 Å². The predicted molar refractivity (Wildman–Crippen MR) is 85.5 cm³/mol. The van der Waals surface area contributed by atoms with Crippen LogP contribution < -0.4 is 10.6 Å². The van der Waals surface area contributed by atoms with E-state index in [-0.39, 0.29) is 30.3 Å². The third-order valence-corrected chi connectivity index (χ3v) is 4.13. The van der Waals surface area contributed by atoms with Crippen LogP contribution in [0.25, 0.3) is 0 Å². The Balaban J connectivity index is 1.89. The number of nitrogens with one attached hydrogen (secondary N) is 2. The molecule has 2 heterocycles. The lowest BCUT2D eigenvalue weighted by molar-refractivity contribution is -0.123. The van der Waals surface area contributed by atoms with E-state index < -0.39 is 0 Å². The molecule has 0 aliphatic heterocycles. The van der Waals surface area contributed by atoms with Crippen LogP contribution in [0.15, 0.2) is 40.3 Å². The summed E-state index contributed by atoms with van der Waals surface area (Å²) in [5, 5.41) is 7.69. The SMILES string of the molecule is CC(=O)N[C@@H](CC(=O)N[C@H](C)Cc1ccco1)c1cccs1. The van der Waals surface area contributed by atoms with Crippen molar-refractivity contribution in [1.29, 1.82) is 0 Å². The van der Waals surface area contributed by atoms with Gasteiger partial charge in [-0.15, -0.1) is 11.3 Å². The summed E-state index contributed by atoms with van der Waals surface area (Å²) in [4.78, 5) is 24.5. The quantitative estimate of drug-likeness (QED) is 0.824. The number of hydrogen-bond acceptors (Lipinski definition) is 4. The molecule has 22 heavy (non-hydrogen) atoms. The summed E-state index contributed by atoms with van der Waals surface area (Å²) in [5.74, 6) is 0.602. The fraction of sp³-hybridized carbons (Fsp3) is 0.375. The molecule has 0 bridgehead atoms. The fourth-order valence-corrected chi connectivity index (χ4v) is 3.04. The van der Waals surface area contributed by atoms with E-state index in [0.717, 1.165) is 10.6 Å². The lowest BCUT2D eigenvalue weighted by atomic mass is 10.1. The zero-order valence-electron chi connectivity index (χ0n) is 12.7. The number of rotatable bonds is 7. The normalized spacial score (nSPS) is 13.4. The van der Waals surface area contributed by atoms with Crippen molar-refractivity contribution in [3.8, 4) is 0 Å². The average molecular weight is 320 g/mol. The Morgan fingerprint density at radius 1 is 1.27 bits per heavy atom. The van der Waals surface area contributed by atoms with Crippen molar-refractivity contribution < 1.29 is 14.0 Å². The Labute approximate surface area is 133 Å². The molecule has 0 radical (unpaired) electrons. The molecule has 2 atom stereocenters. The molecule has 2 rings (SSSR count). The second kappa shape index (κ2) is 7.79. The molecule has 0 aliphatic rings. The van der Waals surface area contributed by atoms with Gasteiger partial charge < -0.3 is 15.1 Å². The van der Waals surface area contributed by atoms with E-state index in [9.17, 15) is 9.59 Å². The highest BCUT2D eigenvalue weighted by Crippen LogP contribution is 2.22. The van der Waals surface area contributed by atoms with Crippen molar-refractivity contribution in [2.24, 2.45) is 0 Å². The topological polar surface area (TPSA) is 71.3 Å². The summed E-state index contributed by atoms with van der Waals surface area (Å²) in [7, 11) is 0. The lowest BCUT2D eigenvalue weighted by Crippen LogP contribution is -2.37. The maximum atomic E-state index is 12.2. The second-order valence-electron chi connectivity index (χ2n) is 5.22. The molecule has 0 aliphatic carbocycles. The molecule has 0 saturated carbocycles. The molecule has 0 aromatic carbocycles. The molecule has 0 spiro atoms. The molecule has 2 amide bonds. The van der Waals surface area contributed by atoms with E-state index in [1.807, 2.05) is 36.6 Å². The van der Waals surface area contributed by atoms with Gasteiger partial charge in [0, 0.05) is 24.3 Å². The highest BCUT2D eigenvalue weighted by Gasteiger charge is 2.19. The third-order valence-electron chi connectivity index (χ3n) is 3.15. The summed E-state index contributed by atoms with van der Waals surface area (Å²) in [6.45, 7) is 3.39. The van der Waals surface area contributed by atoms with E-state index in [1.54, 1.807) is 6.26 Å². The van der Waals surface area contributed by atoms with Gasteiger partial charge in [0.2, 0.25) is 11.8 Å². The van der Waals surface area contributed by atoms with Gasteiger partial charge in [-0.3, -0.25) is 9.59 Å². The number of hydrogen-bond donors (Lipinski definition) is 2. The van der Waals surface area contributed by atoms with E-state index in [2.05, 4.69) is 10.6 Å². The van der Waals surface area contributed by atoms with Gasteiger partial charge in [0.1, 0.15) is 5.76 Å². The Kier molecular flexibility index (Phi) is 5.77. The number of furan rings is 1. The van der Waals surface area contributed by atoms with Crippen molar-refractivity contribution in [3.63, 3.8) is 0 Å². The lowest BCUT2D eigenvalue weighted by Gasteiger charge is -2.18. The number of amides is 2. The molecule has 0 saturated heterocycles. The monoisotopic (exact) mass is 320 g/mol. The fourth-order valence-electron chi connectivity index (χ4n) is 2.26. The van der Waals surface area contributed by atoms with Gasteiger partial charge in [0.25, 0.3) is 0 Å². The van der Waals surface area contributed by atoms with Gasteiger partial charge in [-0.05, 0) is 30.5 Å². The van der Waals surface area contributed by atoms with E-state index >= 15 is 0 Å². The predicted octanol–water partition coefficient (Wildman–Crippen LogP) is 2.66. The molecule has 0 unspecified atom stereocenters. The number of carbonyl (C=O) groups excluding carboxylic acids is 2. The van der Waals surface area contributed by atoms with Gasteiger partial charge in [0.05, 0.1) is 18.7 Å². The van der Waals surface area contributed by atoms with Gasteiger partial charge in [-0.2, -0.15) is 0 Å². The molecule has 2 N–H and O–H groups in total. The van der Waals surface area contributed by atoms with Crippen LogP contribution in [0.1, 0.15) is 36.9 Å². The standard InChI is InChI=1S/C16H20N2O3S/c1-11(9-13-5-3-7-21-13)17-16(20)10-14(18-12(2)19)15-6-4-8-22-15/h3-8,11,14H,9-10H2,1-2H3,(H,17,20)(H,18,19)/t11-,14+/m1/s1. The van der Waals surface area contributed by atoms with Crippen LogP contribution in [0.2, 0.25) is 0 Å². The molecule has 2 aromatic rings. The van der Waals surface area contributed by atoms with Gasteiger partial charge in [-0.25, -0.2) is 0 Å². The third kappa shape index (κ3) is 5.04. The molecule has 0 fully saturated rings. The minimum Gasteiger partial charge on any atom is -0.469 e. The van der Waals surface area contributed by atoms with Gasteiger partial charge in [0.15, 0.2) is 0 Å². The highest BCUT2D eigenvalue weighted by atomic mass is 32.1. The average Bonchev–Trinajstić information content (AvgIpc) is 3.09. The highest BCUT2D eigenvalue weighted by molar-refractivity contribution is 7.10. The van der Waals surface area contributed by atoms with Gasteiger partial charge >= 0.3 is 0 Å². The summed E-state index contributed by atoms with van der Waals surface area (Å²) < 4.78 is 5.27. The Hall–Kier alpha value is -2.08. The molecule has 2 aromatic heterocycles. The Morgan fingerprint density at radius 3 is 2.68 bits per heavy atom. The molecule has 6 heteroatoms. The minimum absolute atomic E-state index is 0.0278. The summed E-state index contributed by atoms with van der Waals surface area (Å²) in [5.41, 5.74) is 0. The van der Waals surface area contributed by atoms with Crippen LogP contribution in [-0.4, -0.2) is 17.9 Å². The summed E-state index contributed by atoms with van der Waals surface area (Å²) in [6.07, 6.45) is 2.48. The molecular weight excluding hydrogens is 300 g/mol. The van der Waals surface area contributed by atoms with Crippen molar-refractivity contribution in [1.82, 2.24) is 10.6 Å². The van der Waals surface area contributed by atoms with Crippen LogP contribution in [0.3, 0.4) is 0 Å². The zero-order chi connectivity index (χ0) is 15.9. The van der Waals surface area contributed by atoms with E-state index in [1.165, 1.54) is 18.3 Å². The van der Waals surface area contributed by atoms with E-state index in [4.69, 9.17) is 4.42 Å². The van der Waals surface area contributed by atoms with Crippen LogP contribution in [0.4, 0.5) is 0 Å². The first-order valence-corrected chi connectivity index (χ1v) is 8.05. The first-order valence-electron chi connectivity index (χ1n) is 7.17. The van der Waals surface area contributed by atoms with Crippen molar-refractivity contribution in [3.05, 3.63) is 46.5 Å². The largest absolute Gasteiger partial charge is 0.469 e. The Morgan fingerprint density at radius 2 is 2.09 bits per heavy atom. The van der Waals surface area contributed by atoms with Crippen LogP contribution >= 0.6 is 11.3 Å². The smallest absolute Gasteiger partial charge is 0.222 e. The first kappa shape index (κ1) is 16.3. The number of carbonyl (C=O) groups is 2. The summed E-state index contributed by atoms with van der Waals surface area (Å²) in [6, 6.07) is 7.23. The van der Waals surface area contributed by atoms with Crippen LogP contribution in [0.5, 0.6) is 0 Å². The van der Waals surface area contributed by atoms with Crippen LogP contribution in [0, 0.1) is 0 Å². The van der Waals surface area contributed by atoms with Crippen molar-refractivity contribution in [2.45, 2.75) is 38.8 Å². The van der Waals surface area contributed by atoms with Crippen molar-refractivity contribution in [2.75, 3.05) is 0 Å². The minimum atomic E-state index is -0.284. The number of thiophene rings is 1. The molecule has 118 valence electrons. The maximum Gasteiger partial charge on any atom is 0.222 e. The van der Waals surface area contributed by atoms with Gasteiger partial charge in [-0.1, -0.05) is 6.07 Å². The second-order valence-corrected chi connectivity index (χ2v) is 6.20. The Bertz CT molecular complexity index is 593. The van der Waals surface area contributed by atoms with Crippen LogP contribution in [-0.2, 0) is 16.0 Å². The molecular formula is C16H20N2O3S. The first-order chi connectivity index (χ1) is 10.5. The summed E-state index contributed by atoms with van der Waals surface area (Å²) >= 11 is 1.53. The maximum absolute atomic E-state index is 12.2. The zero-order valence-corrected chi connectivity index (χ0v) is 13.5. The molecule has 5 nitrogen and oxygen atoms in total. The van der Waals surface area contributed by atoms with E-state index in [0.29, 0.717) is 6.42 Å².